The van der Waals surface area contributed by atoms with E-state index < -0.39 is 0 Å². The van der Waals surface area contributed by atoms with Crippen molar-refractivity contribution in [1.29, 1.82) is 0 Å². The van der Waals surface area contributed by atoms with E-state index >= 15 is 0 Å². The van der Waals surface area contributed by atoms with Crippen LogP contribution in [-0.4, -0.2) is 19.6 Å². The largest absolute Gasteiger partial charge is 0.357 e. The molecule has 0 amide bonds. The van der Waals surface area contributed by atoms with Crippen LogP contribution in [0.3, 0.4) is 0 Å². The first kappa shape index (κ1) is 17.1. The number of fused-ring (bicyclic) bond motifs is 3. The van der Waals surface area contributed by atoms with E-state index in [4.69, 9.17) is 0 Å². The van der Waals surface area contributed by atoms with Gasteiger partial charge in [-0.05, 0) is 36.2 Å². The number of thioether (sulfide) groups is 1. The Morgan fingerprint density at radius 1 is 1.15 bits per heavy atom. The summed E-state index contributed by atoms with van der Waals surface area (Å²) < 4.78 is 0. The number of nitrogens with zero attached hydrogens (tertiary/aromatic N) is 1. The van der Waals surface area contributed by atoms with Crippen molar-refractivity contribution in [1.82, 2.24) is 10.6 Å². The molecular formula is C22H23N3S. The van der Waals surface area contributed by atoms with Gasteiger partial charge in [-0.25, -0.2) is 0 Å². The van der Waals surface area contributed by atoms with Crippen LogP contribution in [0.25, 0.3) is 0 Å². The molecule has 4 heteroatoms. The van der Waals surface area contributed by atoms with Crippen molar-refractivity contribution in [3.63, 3.8) is 0 Å². The van der Waals surface area contributed by atoms with E-state index in [2.05, 4.69) is 64.2 Å². The van der Waals surface area contributed by atoms with Crippen LogP contribution in [-0.2, 0) is 6.54 Å². The number of rotatable bonds is 6. The average Bonchev–Trinajstić information content (AvgIpc) is 3.08. The fourth-order valence-corrected chi connectivity index (χ4v) is 4.91. The third-order valence-corrected chi connectivity index (χ3v) is 6.17. The molecule has 0 saturated carbocycles. The van der Waals surface area contributed by atoms with Crippen molar-refractivity contribution in [2.75, 3.05) is 7.05 Å². The molecule has 2 unspecified atom stereocenters. The van der Waals surface area contributed by atoms with Gasteiger partial charge in [0.15, 0.2) is 0 Å². The van der Waals surface area contributed by atoms with Gasteiger partial charge in [-0.2, -0.15) is 0 Å². The molecule has 132 valence electrons. The van der Waals surface area contributed by atoms with Gasteiger partial charge in [0, 0.05) is 15.7 Å². The smallest absolute Gasteiger partial charge is 0.104 e. The molecule has 2 aromatic rings. The topological polar surface area (TPSA) is 36.4 Å². The molecule has 26 heavy (non-hydrogen) atoms. The van der Waals surface area contributed by atoms with Crippen LogP contribution in [0, 0.1) is 0 Å². The lowest BCUT2D eigenvalue weighted by Crippen LogP contribution is -2.41. The Bertz CT molecular complexity index is 855. The molecule has 1 heterocycles. The maximum absolute atomic E-state index is 4.52. The molecule has 0 spiro atoms. The minimum Gasteiger partial charge on any atom is -0.357 e. The zero-order chi connectivity index (χ0) is 17.8. The van der Waals surface area contributed by atoms with Gasteiger partial charge in [0.2, 0.25) is 0 Å². The number of hydrogen-bond acceptors (Lipinski definition) is 3. The van der Waals surface area contributed by atoms with Gasteiger partial charge >= 0.3 is 0 Å². The van der Waals surface area contributed by atoms with Crippen molar-refractivity contribution in [2.24, 2.45) is 4.99 Å². The molecule has 0 aromatic heterocycles. The molecule has 2 aliphatic rings. The molecule has 2 atom stereocenters. The summed E-state index contributed by atoms with van der Waals surface area (Å²) in [6.45, 7) is 0.689. The van der Waals surface area contributed by atoms with Gasteiger partial charge in [-0.3, -0.25) is 10.3 Å². The van der Waals surface area contributed by atoms with Crippen LogP contribution < -0.4 is 10.6 Å². The molecule has 0 fully saturated rings. The third-order valence-electron chi connectivity index (χ3n) is 4.83. The summed E-state index contributed by atoms with van der Waals surface area (Å²) in [7, 11) is 1.99. The Hall–Kier alpha value is -2.30. The Kier molecular flexibility index (Phi) is 5.23. The molecule has 0 saturated heterocycles. The summed E-state index contributed by atoms with van der Waals surface area (Å²) in [4.78, 5) is 7.37. The monoisotopic (exact) mass is 361 g/mol. The number of benzene rings is 2. The summed E-state index contributed by atoms with van der Waals surface area (Å²) >= 11 is 1.91. The predicted octanol–water partition coefficient (Wildman–Crippen LogP) is 4.45. The molecule has 2 N–H and O–H groups in total. The lowest BCUT2D eigenvalue weighted by atomic mass is 9.89. The number of likely N-dealkylation sites (N-methyl/N-ethyl adjacent to an activating group) is 1. The summed E-state index contributed by atoms with van der Waals surface area (Å²) in [5, 5.41) is 6.81. The molecule has 3 nitrogen and oxygen atoms in total. The van der Waals surface area contributed by atoms with Crippen molar-refractivity contribution in [3.8, 4) is 0 Å². The fraction of sp³-hybridized carbons (Fsp3) is 0.227. The van der Waals surface area contributed by atoms with E-state index in [1.54, 1.807) is 0 Å². The van der Waals surface area contributed by atoms with E-state index in [-0.39, 0.29) is 6.17 Å². The quantitative estimate of drug-likeness (QED) is 0.453. The van der Waals surface area contributed by atoms with E-state index in [9.17, 15) is 0 Å². The first-order valence-electron chi connectivity index (χ1n) is 8.99. The molecule has 0 radical (unpaired) electrons. The summed E-state index contributed by atoms with van der Waals surface area (Å²) in [5.41, 5.74) is 3.99. The Labute approximate surface area is 159 Å². The van der Waals surface area contributed by atoms with Crippen LogP contribution in [0.15, 0.2) is 87.1 Å². The Morgan fingerprint density at radius 3 is 2.81 bits per heavy atom. The number of allylic oxidation sites excluding steroid dienone is 2. The SMILES string of the molecule is CNC(N/C=N\Cc1ccccc1)C1=C2Sc3ccccc3C2CC=C1. The lowest BCUT2D eigenvalue weighted by Gasteiger charge is -2.25. The van der Waals surface area contributed by atoms with Crippen molar-refractivity contribution >= 4 is 18.1 Å². The highest BCUT2D eigenvalue weighted by atomic mass is 32.2. The summed E-state index contributed by atoms with van der Waals surface area (Å²) in [6.07, 6.45) is 7.52. The summed E-state index contributed by atoms with van der Waals surface area (Å²) in [5.74, 6) is 0.495. The maximum Gasteiger partial charge on any atom is 0.104 e. The molecular weight excluding hydrogens is 338 g/mol. The predicted molar refractivity (Wildman–Crippen MR) is 110 cm³/mol. The van der Waals surface area contributed by atoms with Gasteiger partial charge in [0.1, 0.15) is 6.17 Å². The van der Waals surface area contributed by atoms with Crippen LogP contribution in [0.2, 0.25) is 0 Å². The van der Waals surface area contributed by atoms with E-state index in [0.717, 1.165) is 6.42 Å². The first-order chi connectivity index (χ1) is 12.9. The minimum atomic E-state index is 0.0605. The zero-order valence-electron chi connectivity index (χ0n) is 14.9. The minimum absolute atomic E-state index is 0.0605. The highest BCUT2D eigenvalue weighted by molar-refractivity contribution is 8.03. The highest BCUT2D eigenvalue weighted by Crippen LogP contribution is 2.53. The molecule has 2 aromatic carbocycles. The molecule has 1 aliphatic heterocycles. The van der Waals surface area contributed by atoms with Gasteiger partial charge in [-0.1, -0.05) is 72.4 Å². The molecule has 0 bridgehead atoms. The summed E-state index contributed by atoms with van der Waals surface area (Å²) in [6, 6.07) is 19.1. The van der Waals surface area contributed by atoms with Crippen LogP contribution in [0.1, 0.15) is 23.5 Å². The van der Waals surface area contributed by atoms with E-state index in [0.29, 0.717) is 12.5 Å². The third kappa shape index (κ3) is 3.48. The van der Waals surface area contributed by atoms with Crippen LogP contribution in [0.4, 0.5) is 0 Å². The standard InChI is InChI=1S/C22H23N3S/c1-23-22(25-15-24-14-16-8-3-2-4-9-16)19-12-7-11-18-17-10-5-6-13-20(17)26-21(18)19/h2-10,12-13,15,18,22-23H,11,14H2,1H3,(H,24,25). The average molecular weight is 362 g/mol. The van der Waals surface area contributed by atoms with Gasteiger partial charge in [-0.15, -0.1) is 0 Å². The Balaban J connectivity index is 1.49. The fourth-order valence-electron chi connectivity index (χ4n) is 3.53. The second-order valence-electron chi connectivity index (χ2n) is 6.49. The molecule has 1 aliphatic carbocycles. The number of hydrogen-bond donors (Lipinski definition) is 2. The van der Waals surface area contributed by atoms with Crippen molar-refractivity contribution in [2.45, 2.75) is 29.9 Å². The second-order valence-corrected chi connectivity index (χ2v) is 7.58. The van der Waals surface area contributed by atoms with Crippen LogP contribution in [0.5, 0.6) is 0 Å². The Morgan fingerprint density at radius 2 is 1.96 bits per heavy atom. The van der Waals surface area contributed by atoms with Crippen molar-refractivity contribution < 1.29 is 0 Å². The normalized spacial score (nSPS) is 19.5. The van der Waals surface area contributed by atoms with Gasteiger partial charge < -0.3 is 5.32 Å². The van der Waals surface area contributed by atoms with E-state index in [1.165, 1.54) is 26.5 Å². The number of aliphatic imine (C=N–C) groups is 1. The lowest BCUT2D eigenvalue weighted by molar-refractivity contribution is 0.606. The van der Waals surface area contributed by atoms with Gasteiger partial charge in [0.25, 0.3) is 0 Å². The maximum atomic E-state index is 4.52. The zero-order valence-corrected chi connectivity index (χ0v) is 15.7. The molecule has 4 rings (SSSR count). The second kappa shape index (κ2) is 7.94. The van der Waals surface area contributed by atoms with Gasteiger partial charge in [0.05, 0.1) is 12.9 Å². The van der Waals surface area contributed by atoms with E-state index in [1.807, 2.05) is 43.3 Å². The number of nitrogens with one attached hydrogen (secondary N) is 2. The first-order valence-corrected chi connectivity index (χ1v) is 9.81. The van der Waals surface area contributed by atoms with Crippen molar-refractivity contribution in [3.05, 3.63) is 88.4 Å². The van der Waals surface area contributed by atoms with Crippen LogP contribution >= 0.6 is 11.8 Å². The highest BCUT2D eigenvalue weighted by Gasteiger charge is 2.32.